The molecule has 0 amide bonds. The number of hydrogen-bond acceptors (Lipinski definition) is 4. The summed E-state index contributed by atoms with van der Waals surface area (Å²) in [6.07, 6.45) is 6.07. The Labute approximate surface area is 115 Å². The first-order chi connectivity index (χ1) is 9.24. The number of rotatable bonds is 7. The molecule has 2 aliphatic rings. The van der Waals surface area contributed by atoms with Gasteiger partial charge in [-0.3, -0.25) is 0 Å². The minimum Gasteiger partial charge on any atom is -0.480 e. The smallest absolute Gasteiger partial charge is 0.329 e. The van der Waals surface area contributed by atoms with Gasteiger partial charge >= 0.3 is 5.97 Å². The van der Waals surface area contributed by atoms with Gasteiger partial charge in [0, 0.05) is 13.1 Å². The zero-order chi connectivity index (χ0) is 13.5. The van der Waals surface area contributed by atoms with Gasteiger partial charge in [-0.2, -0.15) is 0 Å². The van der Waals surface area contributed by atoms with Crippen LogP contribution in [-0.4, -0.2) is 72.9 Å². The van der Waals surface area contributed by atoms with Crippen LogP contribution in [0.15, 0.2) is 0 Å². The standard InChI is InChI=1S/C14H26N2O3/c17-14(18)12-19-13-4-10-16(11-5-13)9-3-8-15-6-1-2-7-15/h13H,1-12H2,(H,17,18). The predicted molar refractivity (Wildman–Crippen MR) is 73.3 cm³/mol. The normalized spacial score (nSPS) is 22.9. The summed E-state index contributed by atoms with van der Waals surface area (Å²) in [7, 11) is 0. The van der Waals surface area contributed by atoms with Gasteiger partial charge in [0.25, 0.3) is 0 Å². The second-order valence-corrected chi connectivity index (χ2v) is 5.65. The van der Waals surface area contributed by atoms with E-state index in [2.05, 4.69) is 9.80 Å². The molecule has 110 valence electrons. The zero-order valence-electron chi connectivity index (χ0n) is 11.7. The molecule has 0 unspecified atom stereocenters. The second kappa shape index (κ2) is 7.82. The Hall–Kier alpha value is -0.650. The van der Waals surface area contributed by atoms with Crippen LogP contribution in [0.3, 0.4) is 0 Å². The third kappa shape index (κ3) is 5.47. The first-order valence-electron chi connectivity index (χ1n) is 7.52. The van der Waals surface area contributed by atoms with E-state index in [9.17, 15) is 4.79 Å². The second-order valence-electron chi connectivity index (χ2n) is 5.65. The third-order valence-corrected chi connectivity index (χ3v) is 4.12. The van der Waals surface area contributed by atoms with Crippen molar-refractivity contribution in [3.8, 4) is 0 Å². The molecule has 0 radical (unpaired) electrons. The minimum atomic E-state index is -0.868. The van der Waals surface area contributed by atoms with Gasteiger partial charge in [-0.25, -0.2) is 4.79 Å². The number of carboxylic acid groups (broad SMARTS) is 1. The maximum atomic E-state index is 10.4. The highest BCUT2D eigenvalue weighted by atomic mass is 16.5. The first kappa shape index (κ1) is 14.8. The summed E-state index contributed by atoms with van der Waals surface area (Å²) in [4.78, 5) is 15.5. The summed E-state index contributed by atoms with van der Waals surface area (Å²) in [6.45, 7) is 6.90. The fourth-order valence-electron chi connectivity index (χ4n) is 3.01. The Balaban J connectivity index is 1.52. The lowest BCUT2D eigenvalue weighted by molar-refractivity contribution is -0.145. The number of piperidine rings is 1. The maximum Gasteiger partial charge on any atom is 0.329 e. The lowest BCUT2D eigenvalue weighted by Gasteiger charge is -2.31. The molecule has 2 fully saturated rings. The Kier molecular flexibility index (Phi) is 6.07. The van der Waals surface area contributed by atoms with Crippen molar-refractivity contribution in [2.45, 2.75) is 38.2 Å². The lowest BCUT2D eigenvalue weighted by Crippen LogP contribution is -2.39. The van der Waals surface area contributed by atoms with E-state index in [-0.39, 0.29) is 12.7 Å². The predicted octanol–water partition coefficient (Wildman–Crippen LogP) is 1.04. The van der Waals surface area contributed by atoms with E-state index in [4.69, 9.17) is 9.84 Å². The average Bonchev–Trinajstić information content (AvgIpc) is 2.91. The van der Waals surface area contributed by atoms with Crippen LogP contribution in [-0.2, 0) is 9.53 Å². The third-order valence-electron chi connectivity index (χ3n) is 4.12. The van der Waals surface area contributed by atoms with Crippen LogP contribution in [0.1, 0.15) is 32.1 Å². The highest BCUT2D eigenvalue weighted by Gasteiger charge is 2.20. The van der Waals surface area contributed by atoms with Gasteiger partial charge in [-0.05, 0) is 58.3 Å². The summed E-state index contributed by atoms with van der Waals surface area (Å²) < 4.78 is 5.34. The van der Waals surface area contributed by atoms with Gasteiger partial charge < -0.3 is 19.6 Å². The van der Waals surface area contributed by atoms with E-state index in [0.29, 0.717) is 0 Å². The Morgan fingerprint density at radius 3 is 2.21 bits per heavy atom. The SMILES string of the molecule is O=C(O)COC1CCN(CCCN2CCCC2)CC1. The van der Waals surface area contributed by atoms with Crippen molar-refractivity contribution in [3.63, 3.8) is 0 Å². The number of carboxylic acids is 1. The lowest BCUT2D eigenvalue weighted by atomic mass is 10.1. The molecule has 2 saturated heterocycles. The summed E-state index contributed by atoms with van der Waals surface area (Å²) in [5, 5.41) is 8.58. The van der Waals surface area contributed by atoms with Gasteiger partial charge in [0.2, 0.25) is 0 Å². The molecule has 5 heteroatoms. The number of ether oxygens (including phenoxy) is 1. The highest BCUT2D eigenvalue weighted by molar-refractivity contribution is 5.68. The average molecular weight is 270 g/mol. The molecule has 0 saturated carbocycles. The zero-order valence-corrected chi connectivity index (χ0v) is 11.7. The largest absolute Gasteiger partial charge is 0.480 e. The summed E-state index contributed by atoms with van der Waals surface area (Å²) >= 11 is 0. The molecule has 2 heterocycles. The summed E-state index contributed by atoms with van der Waals surface area (Å²) in [6, 6.07) is 0. The van der Waals surface area contributed by atoms with E-state index in [0.717, 1.165) is 25.9 Å². The van der Waals surface area contributed by atoms with Gasteiger partial charge in [0.1, 0.15) is 6.61 Å². The number of likely N-dealkylation sites (tertiary alicyclic amines) is 2. The topological polar surface area (TPSA) is 53.0 Å². The molecule has 0 aromatic carbocycles. The van der Waals surface area contributed by atoms with Crippen molar-refractivity contribution in [1.29, 1.82) is 0 Å². The summed E-state index contributed by atoms with van der Waals surface area (Å²) in [5.41, 5.74) is 0. The highest BCUT2D eigenvalue weighted by Crippen LogP contribution is 2.14. The van der Waals surface area contributed by atoms with E-state index in [1.807, 2.05) is 0 Å². The molecule has 0 aromatic rings. The van der Waals surface area contributed by atoms with Gasteiger partial charge in [0.15, 0.2) is 0 Å². The molecule has 0 bridgehead atoms. The van der Waals surface area contributed by atoms with Crippen molar-refractivity contribution < 1.29 is 14.6 Å². The number of aliphatic carboxylic acids is 1. The molecule has 2 aliphatic heterocycles. The molecule has 1 N–H and O–H groups in total. The molecular weight excluding hydrogens is 244 g/mol. The van der Waals surface area contributed by atoms with Crippen LogP contribution in [0.5, 0.6) is 0 Å². The molecular formula is C14H26N2O3. The van der Waals surface area contributed by atoms with Crippen LogP contribution < -0.4 is 0 Å². The van der Waals surface area contributed by atoms with Gasteiger partial charge in [-0.1, -0.05) is 0 Å². The number of carbonyl (C=O) groups is 1. The van der Waals surface area contributed by atoms with E-state index in [1.165, 1.54) is 45.4 Å². The molecule has 0 aliphatic carbocycles. The molecule has 0 spiro atoms. The minimum absolute atomic E-state index is 0.144. The van der Waals surface area contributed by atoms with Crippen molar-refractivity contribution in [2.24, 2.45) is 0 Å². The quantitative estimate of drug-likeness (QED) is 0.749. The first-order valence-corrected chi connectivity index (χ1v) is 7.52. The molecule has 19 heavy (non-hydrogen) atoms. The number of hydrogen-bond donors (Lipinski definition) is 1. The van der Waals surface area contributed by atoms with Crippen molar-refractivity contribution in [2.75, 3.05) is 45.9 Å². The van der Waals surface area contributed by atoms with Crippen LogP contribution in [0.2, 0.25) is 0 Å². The van der Waals surface area contributed by atoms with Crippen LogP contribution in [0.4, 0.5) is 0 Å². The van der Waals surface area contributed by atoms with Crippen molar-refractivity contribution in [1.82, 2.24) is 9.80 Å². The number of nitrogens with zero attached hydrogens (tertiary/aromatic N) is 2. The fraction of sp³-hybridized carbons (Fsp3) is 0.929. The Morgan fingerprint density at radius 1 is 1.05 bits per heavy atom. The van der Waals surface area contributed by atoms with E-state index < -0.39 is 5.97 Å². The van der Waals surface area contributed by atoms with E-state index >= 15 is 0 Å². The Bertz CT molecular complexity index is 272. The maximum absolute atomic E-state index is 10.4. The van der Waals surface area contributed by atoms with Gasteiger partial charge in [-0.15, -0.1) is 0 Å². The Morgan fingerprint density at radius 2 is 1.63 bits per heavy atom. The molecule has 0 aromatic heterocycles. The fourth-order valence-corrected chi connectivity index (χ4v) is 3.01. The van der Waals surface area contributed by atoms with Crippen molar-refractivity contribution in [3.05, 3.63) is 0 Å². The van der Waals surface area contributed by atoms with Crippen LogP contribution in [0.25, 0.3) is 0 Å². The van der Waals surface area contributed by atoms with Crippen molar-refractivity contribution >= 4 is 5.97 Å². The monoisotopic (exact) mass is 270 g/mol. The van der Waals surface area contributed by atoms with Crippen LogP contribution in [0, 0.1) is 0 Å². The van der Waals surface area contributed by atoms with Crippen LogP contribution >= 0.6 is 0 Å². The summed E-state index contributed by atoms with van der Waals surface area (Å²) in [5.74, 6) is -0.868. The van der Waals surface area contributed by atoms with Gasteiger partial charge in [0.05, 0.1) is 6.10 Å². The molecule has 5 nitrogen and oxygen atoms in total. The van der Waals surface area contributed by atoms with E-state index in [1.54, 1.807) is 0 Å². The molecule has 0 atom stereocenters. The molecule has 2 rings (SSSR count).